The molecule has 94 valence electrons. The number of nitrogens with one attached hydrogen (secondary N) is 1. The molecule has 0 aliphatic rings. The van der Waals surface area contributed by atoms with E-state index in [9.17, 15) is 4.79 Å². The van der Waals surface area contributed by atoms with Crippen LogP contribution in [0.3, 0.4) is 0 Å². The molecule has 0 saturated carbocycles. The summed E-state index contributed by atoms with van der Waals surface area (Å²) in [6.45, 7) is 0. The van der Waals surface area contributed by atoms with Gasteiger partial charge in [0, 0.05) is 5.75 Å². The number of H-pyrrole nitrogens is 1. The fourth-order valence-electron chi connectivity index (χ4n) is 1.33. The maximum atomic E-state index is 10.8. The van der Waals surface area contributed by atoms with Crippen LogP contribution in [0.25, 0.3) is 0 Å². The van der Waals surface area contributed by atoms with Gasteiger partial charge in [0.05, 0.1) is 7.11 Å². The minimum atomic E-state index is -1.08. The van der Waals surface area contributed by atoms with Crippen molar-refractivity contribution in [2.45, 2.75) is 10.8 Å². The van der Waals surface area contributed by atoms with Gasteiger partial charge in [0.1, 0.15) is 5.75 Å². The molecule has 0 aliphatic carbocycles. The van der Waals surface area contributed by atoms with Gasteiger partial charge in [-0.2, -0.15) is 5.21 Å². The molecule has 2 aromatic rings. The van der Waals surface area contributed by atoms with Gasteiger partial charge in [-0.05, 0) is 17.7 Å². The highest BCUT2D eigenvalue weighted by atomic mass is 32.2. The number of aromatic nitrogens is 3. The topological polar surface area (TPSA) is 88.1 Å². The molecule has 2 N–H and O–H groups in total. The molecule has 0 atom stereocenters. The highest BCUT2D eigenvalue weighted by Gasteiger charge is 2.15. The lowest BCUT2D eigenvalue weighted by molar-refractivity contribution is 0.0686. The molecule has 0 aliphatic heterocycles. The third kappa shape index (κ3) is 2.80. The minimum absolute atomic E-state index is 0.0477. The van der Waals surface area contributed by atoms with E-state index in [1.165, 1.54) is 11.8 Å². The van der Waals surface area contributed by atoms with Gasteiger partial charge in [-0.3, -0.25) is 0 Å². The smallest absolute Gasteiger partial charge is 0.359 e. The average molecular weight is 265 g/mol. The molecule has 0 unspecified atom stereocenters. The van der Waals surface area contributed by atoms with Crippen LogP contribution in [0.2, 0.25) is 0 Å². The van der Waals surface area contributed by atoms with Crippen LogP contribution in [0.15, 0.2) is 29.3 Å². The Morgan fingerprint density at radius 1 is 1.39 bits per heavy atom. The molecule has 2 rings (SSSR count). The van der Waals surface area contributed by atoms with Gasteiger partial charge in [-0.15, -0.1) is 10.2 Å². The van der Waals surface area contributed by atoms with Crippen molar-refractivity contribution in [2.75, 3.05) is 7.11 Å². The fraction of sp³-hybridized carbons (Fsp3) is 0.182. The number of methoxy groups -OCH3 is 1. The normalized spacial score (nSPS) is 10.3. The highest BCUT2D eigenvalue weighted by Crippen LogP contribution is 2.23. The van der Waals surface area contributed by atoms with E-state index in [1.807, 2.05) is 24.3 Å². The molecular formula is C11H11N3O3S. The molecule has 6 nitrogen and oxygen atoms in total. The predicted molar refractivity (Wildman–Crippen MR) is 65.9 cm³/mol. The van der Waals surface area contributed by atoms with Crippen molar-refractivity contribution >= 4 is 17.7 Å². The van der Waals surface area contributed by atoms with Crippen LogP contribution in [0.4, 0.5) is 0 Å². The summed E-state index contributed by atoms with van der Waals surface area (Å²) in [6.07, 6.45) is 0. The lowest BCUT2D eigenvalue weighted by Crippen LogP contribution is -1.98. The zero-order chi connectivity index (χ0) is 13.0. The van der Waals surface area contributed by atoms with Crippen LogP contribution in [0.1, 0.15) is 16.1 Å². The number of aromatic carboxylic acids is 1. The van der Waals surface area contributed by atoms with Crippen LogP contribution in [-0.4, -0.2) is 33.6 Å². The van der Waals surface area contributed by atoms with Gasteiger partial charge in [0.15, 0.2) is 5.03 Å². The summed E-state index contributed by atoms with van der Waals surface area (Å²) in [5.41, 5.74) is 1.01. The van der Waals surface area contributed by atoms with Gasteiger partial charge in [-0.25, -0.2) is 4.79 Å². The Kier molecular flexibility index (Phi) is 3.83. The van der Waals surface area contributed by atoms with Crippen LogP contribution < -0.4 is 4.74 Å². The van der Waals surface area contributed by atoms with E-state index in [2.05, 4.69) is 15.4 Å². The van der Waals surface area contributed by atoms with E-state index in [1.54, 1.807) is 7.11 Å². The number of hydrogen-bond donors (Lipinski definition) is 2. The Hall–Kier alpha value is -2.02. The molecule has 0 spiro atoms. The van der Waals surface area contributed by atoms with Crippen molar-refractivity contribution < 1.29 is 14.6 Å². The number of carbonyl (C=O) groups is 1. The second-order valence-corrected chi connectivity index (χ2v) is 4.38. The Morgan fingerprint density at radius 2 is 2.11 bits per heavy atom. The first-order valence-electron chi connectivity index (χ1n) is 5.10. The molecule has 0 amide bonds. The number of nitrogens with zero attached hydrogens (tertiary/aromatic N) is 2. The molecule has 0 saturated heterocycles. The van der Waals surface area contributed by atoms with Crippen LogP contribution >= 0.6 is 11.8 Å². The Labute approximate surface area is 107 Å². The molecular weight excluding hydrogens is 254 g/mol. The number of rotatable bonds is 5. The summed E-state index contributed by atoms with van der Waals surface area (Å²) in [4.78, 5) is 10.8. The lowest BCUT2D eigenvalue weighted by atomic mass is 10.2. The van der Waals surface area contributed by atoms with E-state index in [-0.39, 0.29) is 5.69 Å². The van der Waals surface area contributed by atoms with Gasteiger partial charge < -0.3 is 9.84 Å². The van der Waals surface area contributed by atoms with E-state index >= 15 is 0 Å². The number of hydrogen-bond acceptors (Lipinski definition) is 5. The highest BCUT2D eigenvalue weighted by molar-refractivity contribution is 7.98. The molecule has 7 heteroatoms. The van der Waals surface area contributed by atoms with Gasteiger partial charge in [0.25, 0.3) is 0 Å². The second-order valence-electron chi connectivity index (χ2n) is 3.42. The molecule has 18 heavy (non-hydrogen) atoms. The monoisotopic (exact) mass is 265 g/mol. The third-order valence-corrected chi connectivity index (χ3v) is 3.29. The summed E-state index contributed by atoms with van der Waals surface area (Å²) < 4.78 is 5.06. The summed E-state index contributed by atoms with van der Waals surface area (Å²) in [6, 6.07) is 7.56. The summed E-state index contributed by atoms with van der Waals surface area (Å²) in [5, 5.41) is 19.0. The van der Waals surface area contributed by atoms with Crippen molar-refractivity contribution in [3.63, 3.8) is 0 Å². The van der Waals surface area contributed by atoms with E-state index in [0.29, 0.717) is 10.8 Å². The maximum absolute atomic E-state index is 10.8. The Morgan fingerprint density at radius 3 is 2.72 bits per heavy atom. The number of carboxylic acids is 1. The number of ether oxygens (including phenoxy) is 1. The summed E-state index contributed by atoms with van der Waals surface area (Å²) >= 11 is 1.32. The standard InChI is InChI=1S/C11H11N3O3S/c1-17-8-4-2-7(3-5-8)6-18-10-9(11(15)16)12-14-13-10/h2-5H,6H2,1H3,(H,15,16)(H,12,13,14). The molecule has 0 bridgehead atoms. The molecule has 0 radical (unpaired) electrons. The molecule has 1 aromatic heterocycles. The second kappa shape index (κ2) is 5.54. The number of benzene rings is 1. The molecule has 1 heterocycles. The minimum Gasteiger partial charge on any atom is -0.497 e. The molecule has 1 aromatic carbocycles. The Bertz CT molecular complexity index is 539. The first kappa shape index (κ1) is 12.4. The first-order chi connectivity index (χ1) is 8.70. The van der Waals surface area contributed by atoms with Crippen molar-refractivity contribution in [1.29, 1.82) is 0 Å². The predicted octanol–water partition coefficient (Wildman–Crippen LogP) is 1.80. The zero-order valence-electron chi connectivity index (χ0n) is 9.58. The average Bonchev–Trinajstić information content (AvgIpc) is 2.85. The van der Waals surface area contributed by atoms with Crippen molar-refractivity contribution in [2.24, 2.45) is 0 Å². The Balaban J connectivity index is 2.02. The maximum Gasteiger partial charge on any atom is 0.359 e. The lowest BCUT2D eigenvalue weighted by Gasteiger charge is -2.02. The SMILES string of the molecule is COc1ccc(CSc2n[nH]nc2C(=O)O)cc1. The summed E-state index contributed by atoms with van der Waals surface area (Å²) in [5.74, 6) is 0.328. The number of thioether (sulfide) groups is 1. The van der Waals surface area contributed by atoms with Crippen LogP contribution in [0.5, 0.6) is 5.75 Å². The van der Waals surface area contributed by atoms with Gasteiger partial charge >= 0.3 is 5.97 Å². The number of carboxylic acid groups (broad SMARTS) is 1. The first-order valence-corrected chi connectivity index (χ1v) is 6.09. The fourth-order valence-corrected chi connectivity index (χ4v) is 2.21. The van der Waals surface area contributed by atoms with E-state index in [0.717, 1.165) is 11.3 Å². The van der Waals surface area contributed by atoms with Crippen molar-refractivity contribution in [3.05, 3.63) is 35.5 Å². The van der Waals surface area contributed by atoms with Gasteiger partial charge in [0.2, 0.25) is 5.69 Å². The molecule has 0 fully saturated rings. The quantitative estimate of drug-likeness (QED) is 0.801. The van der Waals surface area contributed by atoms with Gasteiger partial charge in [-0.1, -0.05) is 23.9 Å². The van der Waals surface area contributed by atoms with Crippen molar-refractivity contribution in [1.82, 2.24) is 15.4 Å². The largest absolute Gasteiger partial charge is 0.497 e. The van der Waals surface area contributed by atoms with Crippen molar-refractivity contribution in [3.8, 4) is 5.75 Å². The zero-order valence-corrected chi connectivity index (χ0v) is 10.4. The summed E-state index contributed by atoms with van der Waals surface area (Å²) in [7, 11) is 1.61. The van der Waals surface area contributed by atoms with Crippen LogP contribution in [-0.2, 0) is 5.75 Å². The van der Waals surface area contributed by atoms with E-state index in [4.69, 9.17) is 9.84 Å². The number of aromatic amines is 1. The van der Waals surface area contributed by atoms with Crippen LogP contribution in [0, 0.1) is 0 Å². The third-order valence-electron chi connectivity index (χ3n) is 2.25. The van der Waals surface area contributed by atoms with E-state index < -0.39 is 5.97 Å².